The Kier molecular flexibility index (Phi) is 5.79. The summed E-state index contributed by atoms with van der Waals surface area (Å²) in [7, 11) is 1.75. The van der Waals surface area contributed by atoms with Gasteiger partial charge < -0.3 is 4.74 Å². The number of methoxy groups -OCH3 is 1. The van der Waals surface area contributed by atoms with Crippen molar-refractivity contribution in [2.45, 2.75) is 45.8 Å². The van der Waals surface area contributed by atoms with Crippen LogP contribution >= 0.6 is 0 Å². The first-order valence-corrected chi connectivity index (χ1v) is 6.52. The number of benzene rings is 1. The number of hydrogen-bond donors (Lipinski definition) is 2. The highest BCUT2D eigenvalue weighted by Crippen LogP contribution is 2.26. The molecule has 3 heteroatoms. The maximum Gasteiger partial charge on any atom is 0.0785 e. The predicted octanol–water partition coefficient (Wildman–Crippen LogP) is 2.51. The lowest BCUT2D eigenvalue weighted by atomic mass is 9.83. The largest absolute Gasteiger partial charge is 0.379 e. The van der Waals surface area contributed by atoms with E-state index in [2.05, 4.69) is 50.5 Å². The van der Waals surface area contributed by atoms with Crippen LogP contribution in [0.4, 0.5) is 0 Å². The normalized spacial score (nSPS) is 15.4. The molecule has 0 fully saturated rings. The second-order valence-corrected chi connectivity index (χ2v) is 5.82. The Balaban J connectivity index is 2.61. The van der Waals surface area contributed by atoms with Gasteiger partial charge in [-0.2, -0.15) is 0 Å². The highest BCUT2D eigenvalue weighted by atomic mass is 16.5. The highest BCUT2D eigenvalue weighted by Gasteiger charge is 2.31. The second kappa shape index (κ2) is 6.88. The standard InChI is InChI=1S/C15H26N2O/c1-15(2,3)14(18-4)13(17-16)11-10-12-8-6-5-7-9-12/h5-9,13-14,17H,10-11,16H2,1-4H3. The van der Waals surface area contributed by atoms with Crippen molar-refractivity contribution < 1.29 is 4.74 Å². The smallest absolute Gasteiger partial charge is 0.0785 e. The second-order valence-electron chi connectivity index (χ2n) is 5.82. The molecule has 102 valence electrons. The lowest BCUT2D eigenvalue weighted by Crippen LogP contribution is -2.50. The van der Waals surface area contributed by atoms with Gasteiger partial charge in [0.1, 0.15) is 0 Å². The quantitative estimate of drug-likeness (QED) is 0.602. The fraction of sp³-hybridized carbons (Fsp3) is 0.600. The molecule has 0 heterocycles. The lowest BCUT2D eigenvalue weighted by Gasteiger charge is -2.35. The minimum absolute atomic E-state index is 0.0719. The Labute approximate surface area is 111 Å². The van der Waals surface area contributed by atoms with Crippen LogP contribution in [0.3, 0.4) is 0 Å². The zero-order valence-corrected chi connectivity index (χ0v) is 11.9. The first-order chi connectivity index (χ1) is 8.49. The van der Waals surface area contributed by atoms with Crippen LogP contribution in [-0.2, 0) is 11.2 Å². The summed E-state index contributed by atoms with van der Waals surface area (Å²) in [5.74, 6) is 5.68. The average molecular weight is 250 g/mol. The zero-order valence-electron chi connectivity index (χ0n) is 11.9. The minimum Gasteiger partial charge on any atom is -0.379 e. The van der Waals surface area contributed by atoms with Crippen LogP contribution in [0.15, 0.2) is 30.3 Å². The Morgan fingerprint density at radius 2 is 1.83 bits per heavy atom. The first kappa shape index (κ1) is 15.2. The number of nitrogens with one attached hydrogen (secondary N) is 1. The summed E-state index contributed by atoms with van der Waals surface area (Å²) >= 11 is 0. The van der Waals surface area contributed by atoms with Gasteiger partial charge in [-0.1, -0.05) is 51.1 Å². The van der Waals surface area contributed by atoms with Gasteiger partial charge in [-0.3, -0.25) is 11.3 Å². The number of hydrogen-bond acceptors (Lipinski definition) is 3. The van der Waals surface area contributed by atoms with Crippen molar-refractivity contribution in [3.63, 3.8) is 0 Å². The molecule has 0 saturated heterocycles. The topological polar surface area (TPSA) is 47.3 Å². The van der Waals surface area contributed by atoms with E-state index in [4.69, 9.17) is 10.6 Å². The van der Waals surface area contributed by atoms with Gasteiger partial charge in [-0.15, -0.1) is 0 Å². The zero-order chi connectivity index (χ0) is 13.6. The fourth-order valence-electron chi connectivity index (χ4n) is 2.41. The Hall–Kier alpha value is -0.900. The van der Waals surface area contributed by atoms with Crippen LogP contribution in [-0.4, -0.2) is 19.3 Å². The highest BCUT2D eigenvalue weighted by molar-refractivity contribution is 5.14. The van der Waals surface area contributed by atoms with Crippen LogP contribution in [0.2, 0.25) is 0 Å². The first-order valence-electron chi connectivity index (χ1n) is 6.52. The number of ether oxygens (including phenoxy) is 1. The van der Waals surface area contributed by atoms with E-state index in [9.17, 15) is 0 Å². The van der Waals surface area contributed by atoms with E-state index in [1.54, 1.807) is 7.11 Å². The van der Waals surface area contributed by atoms with Crippen molar-refractivity contribution >= 4 is 0 Å². The summed E-state index contributed by atoms with van der Waals surface area (Å²) in [6.45, 7) is 6.52. The summed E-state index contributed by atoms with van der Waals surface area (Å²) in [6, 6.07) is 10.6. The molecule has 1 aromatic rings. The van der Waals surface area contributed by atoms with E-state index >= 15 is 0 Å². The predicted molar refractivity (Wildman–Crippen MR) is 76.1 cm³/mol. The number of aryl methyl sites for hydroxylation is 1. The third kappa shape index (κ3) is 4.41. The molecule has 0 bridgehead atoms. The van der Waals surface area contributed by atoms with Gasteiger partial charge in [-0.25, -0.2) is 0 Å². The van der Waals surface area contributed by atoms with Gasteiger partial charge in [0.2, 0.25) is 0 Å². The van der Waals surface area contributed by atoms with Crippen molar-refractivity contribution in [3.05, 3.63) is 35.9 Å². The van der Waals surface area contributed by atoms with E-state index in [-0.39, 0.29) is 17.6 Å². The molecule has 0 saturated carbocycles. The molecule has 0 radical (unpaired) electrons. The van der Waals surface area contributed by atoms with Gasteiger partial charge in [-0.05, 0) is 23.8 Å². The molecule has 2 atom stereocenters. The Bertz CT molecular complexity index is 332. The van der Waals surface area contributed by atoms with Crippen molar-refractivity contribution in [2.75, 3.05) is 7.11 Å². The van der Waals surface area contributed by atoms with E-state index in [1.807, 2.05) is 6.07 Å². The van der Waals surface area contributed by atoms with Crippen LogP contribution in [0.1, 0.15) is 32.8 Å². The maximum absolute atomic E-state index is 5.68. The maximum atomic E-state index is 5.68. The molecule has 0 spiro atoms. The van der Waals surface area contributed by atoms with Crippen molar-refractivity contribution in [2.24, 2.45) is 11.3 Å². The third-order valence-corrected chi connectivity index (χ3v) is 3.27. The molecule has 18 heavy (non-hydrogen) atoms. The van der Waals surface area contributed by atoms with E-state index in [1.165, 1.54) is 5.56 Å². The van der Waals surface area contributed by atoms with Crippen LogP contribution < -0.4 is 11.3 Å². The number of nitrogens with two attached hydrogens (primary N) is 1. The van der Waals surface area contributed by atoms with Gasteiger partial charge in [0, 0.05) is 13.2 Å². The van der Waals surface area contributed by atoms with Gasteiger partial charge in [0.05, 0.1) is 6.10 Å². The van der Waals surface area contributed by atoms with Gasteiger partial charge >= 0.3 is 0 Å². The lowest BCUT2D eigenvalue weighted by molar-refractivity contribution is -0.0131. The summed E-state index contributed by atoms with van der Waals surface area (Å²) in [6.07, 6.45) is 2.08. The Morgan fingerprint density at radius 3 is 2.28 bits per heavy atom. The molecule has 2 unspecified atom stereocenters. The number of rotatable bonds is 6. The summed E-state index contributed by atoms with van der Waals surface area (Å²) in [5, 5.41) is 0. The molecule has 0 aliphatic rings. The van der Waals surface area contributed by atoms with E-state index in [0.29, 0.717) is 0 Å². The Morgan fingerprint density at radius 1 is 1.22 bits per heavy atom. The molecule has 0 amide bonds. The van der Waals surface area contributed by atoms with Crippen molar-refractivity contribution in [3.8, 4) is 0 Å². The van der Waals surface area contributed by atoms with Crippen LogP contribution in [0, 0.1) is 5.41 Å². The molecule has 0 aromatic heterocycles. The molecule has 3 N–H and O–H groups in total. The SMILES string of the molecule is COC(C(CCc1ccccc1)NN)C(C)(C)C. The fourth-order valence-corrected chi connectivity index (χ4v) is 2.41. The molecule has 3 nitrogen and oxygen atoms in total. The van der Waals surface area contributed by atoms with Gasteiger partial charge in [0.15, 0.2) is 0 Å². The molecule has 0 aliphatic heterocycles. The third-order valence-electron chi connectivity index (χ3n) is 3.27. The summed E-state index contributed by atoms with van der Waals surface area (Å²) in [4.78, 5) is 0. The summed E-state index contributed by atoms with van der Waals surface area (Å²) in [5.41, 5.74) is 4.31. The van der Waals surface area contributed by atoms with Crippen LogP contribution in [0.25, 0.3) is 0 Å². The molecule has 1 rings (SSSR count). The average Bonchev–Trinajstić information content (AvgIpc) is 2.34. The van der Waals surface area contributed by atoms with E-state index in [0.717, 1.165) is 12.8 Å². The molecule has 0 aliphatic carbocycles. The van der Waals surface area contributed by atoms with Crippen molar-refractivity contribution in [1.82, 2.24) is 5.43 Å². The van der Waals surface area contributed by atoms with Gasteiger partial charge in [0.25, 0.3) is 0 Å². The molecular formula is C15H26N2O. The number of hydrazine groups is 1. The summed E-state index contributed by atoms with van der Waals surface area (Å²) < 4.78 is 5.61. The monoisotopic (exact) mass is 250 g/mol. The van der Waals surface area contributed by atoms with Crippen LogP contribution in [0.5, 0.6) is 0 Å². The molecule has 1 aromatic carbocycles. The van der Waals surface area contributed by atoms with E-state index < -0.39 is 0 Å². The minimum atomic E-state index is 0.0719. The van der Waals surface area contributed by atoms with Crippen molar-refractivity contribution in [1.29, 1.82) is 0 Å². The molecular weight excluding hydrogens is 224 g/mol.